The lowest BCUT2D eigenvalue weighted by atomic mass is 10.1. The Hall–Kier alpha value is -3.73. The molecule has 3 aromatic carbocycles. The number of hydrogen-bond donors (Lipinski definition) is 1. The third-order valence-electron chi connectivity index (χ3n) is 4.97. The quantitative estimate of drug-likeness (QED) is 0.501. The number of benzene rings is 3. The first-order valence-electron chi connectivity index (χ1n) is 9.90. The van der Waals surface area contributed by atoms with Crippen molar-refractivity contribution < 1.29 is 4.79 Å². The lowest BCUT2D eigenvalue weighted by molar-refractivity contribution is 0.101. The van der Waals surface area contributed by atoms with Crippen molar-refractivity contribution in [2.24, 2.45) is 0 Å². The molecule has 0 saturated carbocycles. The third kappa shape index (κ3) is 4.01. The first-order chi connectivity index (χ1) is 14.4. The van der Waals surface area contributed by atoms with Crippen molar-refractivity contribution in [1.82, 2.24) is 14.8 Å². The van der Waals surface area contributed by atoms with E-state index < -0.39 is 0 Å². The van der Waals surface area contributed by atoms with Gasteiger partial charge in [-0.15, -0.1) is 5.10 Å². The molecular weight excluding hydrogens is 372 g/mol. The van der Waals surface area contributed by atoms with E-state index in [1.165, 1.54) is 0 Å². The molecule has 150 valence electrons. The highest BCUT2D eigenvalue weighted by molar-refractivity contribution is 6.02. The van der Waals surface area contributed by atoms with Crippen LogP contribution < -0.4 is 5.32 Å². The highest BCUT2D eigenvalue weighted by Crippen LogP contribution is 2.24. The first-order valence-corrected chi connectivity index (χ1v) is 9.90. The van der Waals surface area contributed by atoms with Gasteiger partial charge in [0.1, 0.15) is 0 Å². The Morgan fingerprint density at radius 3 is 2.27 bits per heavy atom. The second-order valence-electron chi connectivity index (χ2n) is 7.65. The molecule has 0 aliphatic heterocycles. The Bertz CT molecular complexity index is 1180. The van der Waals surface area contributed by atoms with Crippen molar-refractivity contribution in [3.63, 3.8) is 0 Å². The van der Waals surface area contributed by atoms with Crippen LogP contribution in [-0.2, 0) is 0 Å². The summed E-state index contributed by atoms with van der Waals surface area (Å²) in [6.07, 6.45) is 0. The summed E-state index contributed by atoms with van der Waals surface area (Å²) in [5.74, 6) is 0.438. The molecule has 0 aliphatic rings. The van der Waals surface area contributed by atoms with E-state index >= 15 is 0 Å². The fourth-order valence-corrected chi connectivity index (χ4v) is 3.37. The summed E-state index contributed by atoms with van der Waals surface area (Å²) < 4.78 is 1.74. The summed E-state index contributed by atoms with van der Waals surface area (Å²) in [6.45, 7) is 8.02. The molecule has 0 aliphatic carbocycles. The van der Waals surface area contributed by atoms with Gasteiger partial charge in [0.05, 0.1) is 5.69 Å². The zero-order valence-corrected chi connectivity index (χ0v) is 17.6. The maximum absolute atomic E-state index is 13.0. The average Bonchev–Trinajstić information content (AvgIpc) is 3.16. The van der Waals surface area contributed by atoms with Gasteiger partial charge in [0, 0.05) is 11.3 Å². The van der Waals surface area contributed by atoms with Gasteiger partial charge < -0.3 is 5.32 Å². The minimum absolute atomic E-state index is 0.133. The molecule has 1 amide bonds. The van der Waals surface area contributed by atoms with Gasteiger partial charge in [-0.05, 0) is 68.7 Å². The van der Waals surface area contributed by atoms with Crippen molar-refractivity contribution in [2.45, 2.75) is 27.7 Å². The molecule has 0 bridgehead atoms. The van der Waals surface area contributed by atoms with Crippen molar-refractivity contribution in [2.75, 3.05) is 5.32 Å². The molecule has 4 aromatic rings. The van der Waals surface area contributed by atoms with E-state index in [1.54, 1.807) is 4.68 Å². The van der Waals surface area contributed by atoms with Gasteiger partial charge >= 0.3 is 0 Å². The Kier molecular flexibility index (Phi) is 5.19. The molecule has 0 spiro atoms. The molecule has 30 heavy (non-hydrogen) atoms. The fourth-order valence-electron chi connectivity index (χ4n) is 3.37. The Morgan fingerprint density at radius 2 is 1.53 bits per heavy atom. The van der Waals surface area contributed by atoms with Gasteiger partial charge in [0.25, 0.3) is 5.91 Å². The Morgan fingerprint density at radius 1 is 0.833 bits per heavy atom. The number of carbonyl (C=O) groups excluding carboxylic acids is 1. The summed E-state index contributed by atoms with van der Waals surface area (Å²) in [6, 6.07) is 22.0. The molecular formula is C25H24N4O. The average molecular weight is 396 g/mol. The number of anilines is 1. The highest BCUT2D eigenvalue weighted by atomic mass is 16.2. The van der Waals surface area contributed by atoms with Crippen LogP contribution in [0.3, 0.4) is 0 Å². The lowest BCUT2D eigenvalue weighted by Gasteiger charge is -2.07. The standard InChI is InChI=1S/C25H24N4O/c1-16-7-5-9-20(13-16)24-27-23(28-29(24)21-10-6-8-17(2)14-21)25(30)26-22-15-18(3)11-12-19(22)4/h5-15H,1-4H3,(H,26,30). The van der Waals surface area contributed by atoms with Crippen LogP contribution in [0.2, 0.25) is 0 Å². The number of aromatic nitrogens is 3. The van der Waals surface area contributed by atoms with Gasteiger partial charge in [-0.2, -0.15) is 0 Å². The van der Waals surface area contributed by atoms with E-state index in [9.17, 15) is 4.79 Å². The molecule has 0 saturated heterocycles. The normalized spacial score (nSPS) is 10.8. The molecule has 0 fully saturated rings. The van der Waals surface area contributed by atoms with E-state index in [0.717, 1.165) is 39.2 Å². The van der Waals surface area contributed by atoms with Gasteiger partial charge in [0.15, 0.2) is 5.82 Å². The van der Waals surface area contributed by atoms with E-state index in [-0.39, 0.29) is 11.7 Å². The summed E-state index contributed by atoms with van der Waals surface area (Å²) in [5, 5.41) is 7.53. The number of nitrogens with zero attached hydrogens (tertiary/aromatic N) is 3. The van der Waals surface area contributed by atoms with E-state index in [4.69, 9.17) is 0 Å². The van der Waals surface area contributed by atoms with Crippen molar-refractivity contribution in [1.29, 1.82) is 0 Å². The van der Waals surface area contributed by atoms with Gasteiger partial charge in [-0.25, -0.2) is 9.67 Å². The maximum Gasteiger partial charge on any atom is 0.295 e. The second-order valence-corrected chi connectivity index (χ2v) is 7.65. The minimum atomic E-state index is -0.330. The van der Waals surface area contributed by atoms with Crippen LogP contribution >= 0.6 is 0 Å². The Balaban J connectivity index is 1.78. The zero-order valence-electron chi connectivity index (χ0n) is 17.6. The summed E-state index contributed by atoms with van der Waals surface area (Å²) in [5.41, 5.74) is 6.84. The number of nitrogens with one attached hydrogen (secondary N) is 1. The summed E-state index contributed by atoms with van der Waals surface area (Å²) >= 11 is 0. The van der Waals surface area contributed by atoms with Crippen molar-refractivity contribution in [3.05, 3.63) is 94.8 Å². The number of amides is 1. The van der Waals surface area contributed by atoms with Crippen LogP contribution in [0.4, 0.5) is 5.69 Å². The van der Waals surface area contributed by atoms with E-state index in [0.29, 0.717) is 5.82 Å². The number of hydrogen-bond acceptors (Lipinski definition) is 3. The lowest BCUT2D eigenvalue weighted by Crippen LogP contribution is -2.15. The summed E-state index contributed by atoms with van der Waals surface area (Å²) in [7, 11) is 0. The molecule has 0 unspecified atom stereocenters. The summed E-state index contributed by atoms with van der Waals surface area (Å²) in [4.78, 5) is 17.6. The van der Waals surface area contributed by atoms with Crippen molar-refractivity contribution >= 4 is 11.6 Å². The van der Waals surface area contributed by atoms with Crippen LogP contribution in [-0.4, -0.2) is 20.7 Å². The topological polar surface area (TPSA) is 59.8 Å². The van der Waals surface area contributed by atoms with Gasteiger partial charge in [-0.3, -0.25) is 4.79 Å². The van der Waals surface area contributed by atoms with Crippen LogP contribution in [0.1, 0.15) is 32.9 Å². The predicted molar refractivity (Wildman–Crippen MR) is 120 cm³/mol. The molecule has 4 rings (SSSR count). The monoisotopic (exact) mass is 396 g/mol. The highest BCUT2D eigenvalue weighted by Gasteiger charge is 2.19. The van der Waals surface area contributed by atoms with Crippen LogP contribution in [0.15, 0.2) is 66.7 Å². The molecule has 5 nitrogen and oxygen atoms in total. The van der Waals surface area contributed by atoms with Crippen LogP contribution in [0.5, 0.6) is 0 Å². The largest absolute Gasteiger partial charge is 0.319 e. The number of carbonyl (C=O) groups is 1. The second kappa shape index (κ2) is 7.95. The molecule has 5 heteroatoms. The number of rotatable bonds is 4. The van der Waals surface area contributed by atoms with Crippen LogP contribution in [0.25, 0.3) is 17.1 Å². The van der Waals surface area contributed by atoms with Crippen LogP contribution in [0, 0.1) is 27.7 Å². The SMILES string of the molecule is Cc1cccc(-c2nc(C(=O)Nc3cc(C)ccc3C)nn2-c2cccc(C)c2)c1. The number of aryl methyl sites for hydroxylation is 4. The fraction of sp³-hybridized carbons (Fsp3) is 0.160. The first kappa shape index (κ1) is 19.6. The third-order valence-corrected chi connectivity index (χ3v) is 4.97. The molecule has 0 radical (unpaired) electrons. The smallest absolute Gasteiger partial charge is 0.295 e. The van der Waals surface area contributed by atoms with E-state index in [2.05, 4.69) is 15.4 Å². The van der Waals surface area contributed by atoms with Crippen molar-refractivity contribution in [3.8, 4) is 17.1 Å². The van der Waals surface area contributed by atoms with E-state index in [1.807, 2.05) is 94.4 Å². The molecule has 1 aromatic heterocycles. The predicted octanol–water partition coefficient (Wildman–Crippen LogP) is 5.42. The molecule has 1 heterocycles. The Labute approximate surface area is 176 Å². The maximum atomic E-state index is 13.0. The molecule has 0 atom stereocenters. The molecule has 1 N–H and O–H groups in total. The van der Waals surface area contributed by atoms with Gasteiger partial charge in [0.2, 0.25) is 5.82 Å². The van der Waals surface area contributed by atoms with Gasteiger partial charge in [-0.1, -0.05) is 48.0 Å². The minimum Gasteiger partial charge on any atom is -0.319 e. The zero-order chi connectivity index (χ0) is 21.3.